The van der Waals surface area contributed by atoms with Crippen molar-refractivity contribution in [3.8, 4) is 23.9 Å². The number of nitrogen functional groups attached to an aromatic ring is 2. The van der Waals surface area contributed by atoms with Crippen molar-refractivity contribution in [3.63, 3.8) is 0 Å². The summed E-state index contributed by atoms with van der Waals surface area (Å²) >= 11 is 31.8. The molecule has 802 valence electrons. The summed E-state index contributed by atoms with van der Waals surface area (Å²) in [4.78, 5) is 59.1. The Hall–Kier alpha value is -10.8. The van der Waals surface area contributed by atoms with Gasteiger partial charge in [0.1, 0.15) is 63.3 Å². The summed E-state index contributed by atoms with van der Waals surface area (Å²) in [6.45, 7) is 34.3. The van der Waals surface area contributed by atoms with Crippen molar-refractivity contribution in [3.05, 3.63) is 182 Å². The van der Waals surface area contributed by atoms with Crippen LogP contribution in [0.2, 0.25) is 15.5 Å². The van der Waals surface area contributed by atoms with Crippen molar-refractivity contribution in [2.75, 3.05) is 60.7 Å². The summed E-state index contributed by atoms with van der Waals surface area (Å²) in [6.07, 6.45) is 25.3. The number of aromatic hydroxyl groups is 1. The van der Waals surface area contributed by atoms with Gasteiger partial charge in [0.05, 0.1) is 83.2 Å². The molecule has 40 nitrogen and oxygen atoms in total. The molecule has 1 atom stereocenters. The summed E-state index contributed by atoms with van der Waals surface area (Å²) in [7, 11) is -9.52. The SMILES string of the molecule is CC(C)C(C#N)C=O.CC(C)CC#N.CC(C)c1cn[nH]c1N.CC(C)c1cnn2c(Cl)cc(Cl)nc12.CC(C)c1cnn2c(Nc3ccc(S(C)(=O)=O)cc3)cc(Cl)nc12.CC(C)c1cnn2c(Nc3ccc(S(C)(=O)=O)cc3)cc(OC3CCCCC3)nc12.CC(C)c1cnn2c(O)cc(=O)[nH]c12.CCO.CCOC(=O)CC(=O)OCC.CS(=O)(=O)c1ccc(N)cc1.NN.O.O=P(Cl)(Cl)Cl.OC1CCCCC1. The van der Waals surface area contributed by atoms with Crippen LogP contribution in [0.1, 0.15) is 252 Å². The standard InChI is InChI=1S/C22H28N4O3S.C16H17ClN4O2S.C9H9Cl2N3.C9H11N3O2.C7H9NO2S.C7H12O4.C6H11N3.C6H9NO.C6H12O.C5H9N.C2H6O.Cl3OP.H4N2.H2O/c1-15(2)19-14-23-26-20(24-16-9-11-18(12-10-16)30(3,27)28)13-21(25-22(19)26)29-17-7-5-4-6-8-17;1-10(2)13-9-18-21-15(8-14(17)20-16(13)21)19-11-4-6-12(7-5-11)24(3,22)23;1-5(2)6-4-12-14-8(11)3-7(10)13-9(6)14;1-5(2)6-4-10-12-8(14)3-7(13)11-9(6)12;1-11(9,10)7-4-2-6(8)3-5-7;1-3-10-6(8)5-7(9)11-4-2;1-4(2)5-3-8-9-6(5)7;1-5(2)6(3-7)4-8;7-6-4-2-1-3-5-6;1-5(2)3-4-6;1-2-3;1-5(2,3)4;1-2;/h9-15,17,24H,4-8H2,1-3H3;4-10,19H,1-3H3;3-5H,1-2H3;3-5,14H,1-2H3,(H,11,13);2-5H,8H2,1H3;3-5H2,1-2H3;3-4H,1-2H3,(H3,7,8,9);4-6H,1-2H3;6-7H,1-5H2;5H,3H2,1-2H3;3H,2H2,1H3;;1-2H2;1H2. The number of benzene rings is 3. The highest BCUT2D eigenvalue weighted by molar-refractivity contribution is 8.24. The lowest BCUT2D eigenvalue weighted by Gasteiger charge is -2.23. The molecule has 0 radical (unpaired) electrons. The molecule has 1 unspecified atom stereocenters. The molecule has 9 aromatic heterocycles. The zero-order valence-corrected chi connectivity index (χ0v) is 93.0. The third-order valence-electron chi connectivity index (χ3n) is 19.9. The van der Waals surface area contributed by atoms with E-state index in [4.69, 9.17) is 76.7 Å². The van der Waals surface area contributed by atoms with Crippen LogP contribution in [0.4, 0.5) is 34.5 Å². The Morgan fingerprint density at radius 2 is 0.938 bits per heavy atom. The number of rotatable bonds is 21. The maximum Gasteiger partial charge on any atom is 0.339 e. The minimum absolute atomic E-state index is 0. The molecule has 3 aromatic carbocycles. The molecule has 0 bridgehead atoms. The van der Waals surface area contributed by atoms with E-state index in [1.165, 1.54) is 73.9 Å². The van der Waals surface area contributed by atoms with E-state index in [0.717, 1.165) is 88.1 Å². The van der Waals surface area contributed by atoms with Gasteiger partial charge in [-0.1, -0.05) is 157 Å². The normalized spacial score (nSPS) is 12.5. The lowest BCUT2D eigenvalue weighted by Crippen LogP contribution is -2.20. The van der Waals surface area contributed by atoms with Crippen molar-refractivity contribution in [2.24, 2.45) is 29.4 Å². The minimum Gasteiger partial charge on any atom is -0.493 e. The lowest BCUT2D eigenvalue weighted by atomic mass is 9.98. The number of aromatic amines is 2. The zero-order chi connectivity index (χ0) is 109. The van der Waals surface area contributed by atoms with Gasteiger partial charge in [0.25, 0.3) is 5.56 Å². The fourth-order valence-electron chi connectivity index (χ4n) is 12.5. The largest absolute Gasteiger partial charge is 0.493 e. The highest BCUT2D eigenvalue weighted by Crippen LogP contribution is 2.61. The predicted molar refractivity (Wildman–Crippen MR) is 574 cm³/mol. The number of aromatic nitrogens is 14. The van der Waals surface area contributed by atoms with E-state index in [0.29, 0.717) is 85.3 Å². The van der Waals surface area contributed by atoms with Crippen LogP contribution in [0.15, 0.2) is 148 Å². The maximum atomic E-state index is 11.7. The Morgan fingerprint density at radius 1 is 0.566 bits per heavy atom. The number of H-pyrrole nitrogens is 2. The number of nitriles is 2. The maximum absolute atomic E-state index is 11.7. The predicted octanol–water partition coefficient (Wildman–Crippen LogP) is 19.3. The molecule has 0 amide bonds. The van der Waals surface area contributed by atoms with Crippen molar-refractivity contribution in [1.29, 1.82) is 10.5 Å². The van der Waals surface area contributed by atoms with Crippen LogP contribution < -0.4 is 44.1 Å². The molecular weight excluding hydrogens is 2080 g/mol. The molecule has 2 saturated carbocycles. The summed E-state index contributed by atoms with van der Waals surface area (Å²) in [5, 5.41) is 70.1. The number of hydrazine groups is 1. The first-order chi connectivity index (χ1) is 67.5. The molecule has 12 aromatic rings. The molecule has 0 spiro atoms. The molecule has 0 aliphatic heterocycles. The van der Waals surface area contributed by atoms with Gasteiger partial charge in [0, 0.05) is 94.9 Å². The van der Waals surface area contributed by atoms with Gasteiger partial charge in [-0.05, 0) is 207 Å². The van der Waals surface area contributed by atoms with Gasteiger partial charge in [-0.15, -0.1) is 0 Å². The number of carbonyl (C=O) groups excluding carboxylic acids is 3. The molecule has 50 heteroatoms. The number of hydrogen-bond donors (Lipinski definition) is 11. The minimum atomic E-state index is -3.23. The smallest absolute Gasteiger partial charge is 0.339 e. The number of sulfone groups is 3. The van der Waals surface area contributed by atoms with E-state index in [2.05, 4.69) is 173 Å². The Labute approximate surface area is 877 Å². The fraction of sp³-hybridized carbons (Fsp3) is 0.474. The summed E-state index contributed by atoms with van der Waals surface area (Å²) in [6, 6.07) is 29.5. The number of aliphatic hydroxyl groups excluding tert-OH is 2. The average molecular weight is 2220 g/mol. The molecule has 2 aliphatic rings. The van der Waals surface area contributed by atoms with Crippen LogP contribution in [0.5, 0.6) is 11.8 Å². The molecule has 145 heavy (non-hydrogen) atoms. The Morgan fingerprint density at radius 3 is 1.27 bits per heavy atom. The van der Waals surface area contributed by atoms with E-state index in [9.17, 15) is 54.1 Å². The number of aldehydes is 1. The number of fused-ring (bicyclic) bond motifs is 4. The van der Waals surface area contributed by atoms with Gasteiger partial charge in [0.2, 0.25) is 11.8 Å². The number of hydrogen-bond acceptors (Lipinski definition) is 33. The van der Waals surface area contributed by atoms with E-state index >= 15 is 0 Å². The number of nitrogens with two attached hydrogens (primary N) is 4. The van der Waals surface area contributed by atoms with Crippen LogP contribution in [-0.2, 0) is 57.9 Å². The molecule has 14 rings (SSSR count). The molecule has 0 saturated heterocycles. The Bertz CT molecular complexity index is 6480. The van der Waals surface area contributed by atoms with E-state index in [1.807, 2.05) is 59.9 Å². The average Bonchev–Trinajstić information content (AvgIpc) is 1.51. The number of nitrogens with one attached hydrogen (secondary N) is 4. The molecule has 9 heterocycles. The van der Waals surface area contributed by atoms with Crippen LogP contribution in [-0.4, -0.2) is 184 Å². The van der Waals surface area contributed by atoms with E-state index in [-0.39, 0.29) is 88.8 Å². The van der Waals surface area contributed by atoms with Gasteiger partial charge < -0.3 is 66.9 Å². The Balaban J connectivity index is 0.000000827. The number of nitrogens with zero attached hydrogens (tertiary/aromatic N) is 14. The van der Waals surface area contributed by atoms with E-state index < -0.39 is 52.6 Å². The second-order valence-electron chi connectivity index (χ2n) is 34.4. The van der Waals surface area contributed by atoms with E-state index in [1.54, 1.807) is 132 Å². The van der Waals surface area contributed by atoms with Gasteiger partial charge in [0.15, 0.2) is 46.5 Å². The molecule has 2 aliphatic carbocycles. The number of esters is 2. The highest BCUT2D eigenvalue weighted by Gasteiger charge is 2.23. The molecule has 2 fully saturated rings. The number of carbonyl (C=O) groups is 3. The van der Waals surface area contributed by atoms with Crippen LogP contribution in [0.25, 0.3) is 22.6 Å². The van der Waals surface area contributed by atoms with Gasteiger partial charge in [-0.2, -0.15) is 54.5 Å². The van der Waals surface area contributed by atoms with Crippen LogP contribution in [0.3, 0.4) is 0 Å². The summed E-state index contributed by atoms with van der Waals surface area (Å²) in [5.41, 5.74) is 20.5. The van der Waals surface area contributed by atoms with Gasteiger partial charge in [-0.25, -0.2) is 39.7 Å². The van der Waals surface area contributed by atoms with Crippen LogP contribution >= 0.6 is 73.7 Å². The second-order valence-corrected chi connectivity index (χ2v) is 48.2. The van der Waals surface area contributed by atoms with Crippen molar-refractivity contribution >= 4 is 179 Å². The monoisotopic (exact) mass is 2210 g/mol. The van der Waals surface area contributed by atoms with Crippen LogP contribution in [0, 0.1) is 40.4 Å². The Kier molecular flexibility index (Phi) is 60.5. The summed E-state index contributed by atoms with van der Waals surface area (Å²) < 4.78 is 99.4. The number of anilines is 6. The number of ether oxygens (including phenoxy) is 3. The summed E-state index contributed by atoms with van der Waals surface area (Å²) in [5.74, 6) is 11.3. The first-order valence-corrected chi connectivity index (χ1v) is 57.1. The van der Waals surface area contributed by atoms with Crippen molar-refractivity contribution in [2.45, 2.75) is 251 Å². The van der Waals surface area contributed by atoms with Crippen molar-refractivity contribution < 1.29 is 79.2 Å². The topological polar surface area (TPSA) is 636 Å². The quantitative estimate of drug-likeness (QED) is 0.00465. The third kappa shape index (κ3) is 49.0. The molecular formula is C95H139Cl6N22O18PS3. The molecule has 17 N–H and O–H groups in total. The third-order valence-corrected chi connectivity index (χ3v) is 24.0. The number of halogens is 6. The first kappa shape index (κ1) is 132. The zero-order valence-electron chi connectivity index (χ0n) is 85.1. The first-order valence-electron chi connectivity index (χ1n) is 45.9. The fourth-order valence-corrected chi connectivity index (χ4v) is 15.1. The second kappa shape index (κ2) is 66.4. The number of aliphatic hydroxyl groups is 2. The lowest BCUT2D eigenvalue weighted by molar-refractivity contribution is -0.154. The van der Waals surface area contributed by atoms with Gasteiger partial charge >= 0.3 is 17.1 Å². The highest BCUT2D eigenvalue weighted by atomic mass is 36.0. The van der Waals surface area contributed by atoms with Crippen molar-refractivity contribution in [1.82, 2.24) is 68.6 Å². The van der Waals surface area contributed by atoms with Gasteiger partial charge in [-0.3, -0.25) is 35.7 Å².